The van der Waals surface area contributed by atoms with Gasteiger partial charge >= 0.3 is 0 Å². The molecule has 0 amide bonds. The summed E-state index contributed by atoms with van der Waals surface area (Å²) in [5, 5.41) is 9.66. The van der Waals surface area contributed by atoms with Crippen molar-refractivity contribution in [1.29, 1.82) is 0 Å². The maximum Gasteiger partial charge on any atom is 0.211 e. The minimum Gasteiger partial charge on any atom is -0.255 e. The molecule has 27 heavy (non-hydrogen) atoms. The van der Waals surface area contributed by atoms with E-state index in [0.717, 1.165) is 32.5 Å². The average Bonchev–Trinajstić information content (AvgIpc) is 3.35. The zero-order valence-corrected chi connectivity index (χ0v) is 16.8. The van der Waals surface area contributed by atoms with Crippen LogP contribution in [-0.2, 0) is 0 Å². The van der Waals surface area contributed by atoms with Crippen molar-refractivity contribution in [3.8, 4) is 10.6 Å². The Morgan fingerprint density at radius 2 is 1.89 bits per heavy atom. The molecule has 0 fully saturated rings. The van der Waals surface area contributed by atoms with Crippen molar-refractivity contribution in [2.24, 2.45) is 10.1 Å². The molecule has 3 heterocycles. The molecule has 3 aromatic heterocycles. The summed E-state index contributed by atoms with van der Waals surface area (Å²) in [4.78, 5) is 11.1. The first-order valence-corrected chi connectivity index (χ1v) is 10.4. The van der Waals surface area contributed by atoms with Crippen LogP contribution in [-0.4, -0.2) is 15.4 Å². The number of thiazole rings is 1. The summed E-state index contributed by atoms with van der Waals surface area (Å²) in [6.45, 7) is 1.96. The summed E-state index contributed by atoms with van der Waals surface area (Å²) in [7, 11) is 0. The molecule has 4 nitrogen and oxygen atoms in total. The molecule has 4 rings (SSSR count). The Morgan fingerprint density at radius 1 is 1.04 bits per heavy atom. The quantitative estimate of drug-likeness (QED) is 0.390. The summed E-state index contributed by atoms with van der Waals surface area (Å²) in [5.41, 5.74) is 3.51. The number of aromatic nitrogens is 2. The van der Waals surface area contributed by atoms with Gasteiger partial charge < -0.3 is 0 Å². The van der Waals surface area contributed by atoms with Crippen LogP contribution in [0.25, 0.3) is 10.6 Å². The molecule has 0 aliphatic rings. The molecule has 0 N–H and O–H groups in total. The summed E-state index contributed by atoms with van der Waals surface area (Å²) < 4.78 is 1.88. The Balaban J connectivity index is 1.87. The van der Waals surface area contributed by atoms with Gasteiger partial charge in [0.05, 0.1) is 27.7 Å². The lowest BCUT2D eigenvalue weighted by molar-refractivity contribution is 0.848. The van der Waals surface area contributed by atoms with E-state index >= 15 is 0 Å². The first kappa shape index (κ1) is 17.9. The van der Waals surface area contributed by atoms with E-state index in [0.29, 0.717) is 5.02 Å². The molecule has 1 aromatic carbocycles. The molecule has 0 aliphatic carbocycles. The van der Waals surface area contributed by atoms with Crippen LogP contribution < -0.4 is 4.80 Å². The van der Waals surface area contributed by atoms with Crippen LogP contribution in [0.3, 0.4) is 0 Å². The molecular weight excluding hydrogens is 396 g/mol. The fourth-order valence-corrected chi connectivity index (χ4v) is 4.24. The number of hydrogen-bond donors (Lipinski definition) is 0. The summed E-state index contributed by atoms with van der Waals surface area (Å²) >= 11 is 9.21. The van der Waals surface area contributed by atoms with Crippen LogP contribution in [0.2, 0.25) is 5.02 Å². The third-order valence-corrected chi connectivity index (χ3v) is 5.76. The largest absolute Gasteiger partial charge is 0.255 e. The van der Waals surface area contributed by atoms with E-state index in [4.69, 9.17) is 21.7 Å². The summed E-state index contributed by atoms with van der Waals surface area (Å²) in [6.07, 6.45) is 1.77. The van der Waals surface area contributed by atoms with Gasteiger partial charge in [-0.3, -0.25) is 4.98 Å². The molecule has 0 radical (unpaired) electrons. The maximum atomic E-state index is 5.98. The third kappa shape index (κ3) is 4.08. The van der Waals surface area contributed by atoms with E-state index in [1.54, 1.807) is 28.9 Å². The van der Waals surface area contributed by atoms with Gasteiger partial charge in [-0.2, -0.15) is 5.10 Å². The second kappa shape index (κ2) is 8.00. The van der Waals surface area contributed by atoms with Crippen LogP contribution in [0.4, 0.5) is 5.69 Å². The number of rotatable bonds is 4. The normalized spacial score (nSPS) is 12.5. The number of benzene rings is 1. The fraction of sp³-hybridized carbons (Fsp3) is 0.0500. The molecule has 0 bridgehead atoms. The number of hydrogen-bond acceptors (Lipinski definition) is 5. The van der Waals surface area contributed by atoms with E-state index in [2.05, 4.69) is 21.8 Å². The van der Waals surface area contributed by atoms with E-state index < -0.39 is 0 Å². The minimum atomic E-state index is 0.691. The topological polar surface area (TPSA) is 42.5 Å². The fourth-order valence-electron chi connectivity index (χ4n) is 2.47. The van der Waals surface area contributed by atoms with Crippen LogP contribution >= 0.6 is 34.3 Å². The van der Waals surface area contributed by atoms with Crippen LogP contribution in [0.1, 0.15) is 12.6 Å². The molecular formula is C20H15ClN4S2. The lowest BCUT2D eigenvalue weighted by Gasteiger charge is -2.04. The Bertz CT molecular complexity index is 1120. The molecule has 0 saturated heterocycles. The van der Waals surface area contributed by atoms with Gasteiger partial charge in [0.25, 0.3) is 0 Å². The second-order valence-electron chi connectivity index (χ2n) is 5.68. The highest BCUT2D eigenvalue weighted by molar-refractivity contribution is 7.14. The van der Waals surface area contributed by atoms with Gasteiger partial charge in [-0.25, -0.2) is 9.67 Å². The molecule has 0 spiro atoms. The van der Waals surface area contributed by atoms with Gasteiger partial charge in [0.1, 0.15) is 0 Å². The molecule has 0 aliphatic heterocycles. The highest BCUT2D eigenvalue weighted by atomic mass is 35.5. The SMILES string of the molecule is CC(=Nn1c(-c2cccs2)csc1=Nc1ccc(Cl)cc1)c1ccccn1. The van der Waals surface area contributed by atoms with Gasteiger partial charge in [-0.15, -0.1) is 22.7 Å². The zero-order valence-electron chi connectivity index (χ0n) is 14.4. The maximum absolute atomic E-state index is 5.98. The van der Waals surface area contributed by atoms with Crippen molar-refractivity contribution < 1.29 is 0 Å². The number of nitrogens with zero attached hydrogens (tertiary/aromatic N) is 4. The first-order chi connectivity index (χ1) is 13.2. The lowest BCUT2D eigenvalue weighted by Crippen LogP contribution is -2.14. The Labute approximate surface area is 169 Å². The van der Waals surface area contributed by atoms with Gasteiger partial charge in [0, 0.05) is 16.6 Å². The van der Waals surface area contributed by atoms with Gasteiger partial charge in [0.15, 0.2) is 0 Å². The number of pyridine rings is 1. The van der Waals surface area contributed by atoms with E-state index in [1.165, 1.54) is 0 Å². The van der Waals surface area contributed by atoms with E-state index in [9.17, 15) is 0 Å². The zero-order chi connectivity index (χ0) is 18.6. The minimum absolute atomic E-state index is 0.691. The Hall–Kier alpha value is -2.54. The Kier molecular flexibility index (Phi) is 5.29. The van der Waals surface area contributed by atoms with E-state index in [1.807, 2.05) is 60.1 Å². The standard InChI is InChI=1S/C20H15ClN4S2/c1-14(17-5-2-3-11-22-17)24-25-18(19-6-4-12-26-19)13-27-20(25)23-16-9-7-15(21)8-10-16/h2-13H,1H3. The molecule has 0 saturated carbocycles. The second-order valence-corrected chi connectivity index (χ2v) is 7.90. The van der Waals surface area contributed by atoms with Crippen molar-refractivity contribution in [2.75, 3.05) is 0 Å². The monoisotopic (exact) mass is 410 g/mol. The van der Waals surface area contributed by atoms with Crippen molar-refractivity contribution >= 4 is 45.7 Å². The summed E-state index contributed by atoms with van der Waals surface area (Å²) in [6, 6.07) is 17.4. The van der Waals surface area contributed by atoms with Crippen LogP contribution in [0, 0.1) is 0 Å². The van der Waals surface area contributed by atoms with Crippen molar-refractivity contribution in [3.05, 3.63) is 87.1 Å². The predicted molar refractivity (Wildman–Crippen MR) is 114 cm³/mol. The smallest absolute Gasteiger partial charge is 0.211 e. The molecule has 134 valence electrons. The number of halogens is 1. The summed E-state index contributed by atoms with van der Waals surface area (Å²) in [5.74, 6) is 0. The van der Waals surface area contributed by atoms with E-state index in [-0.39, 0.29) is 0 Å². The van der Waals surface area contributed by atoms with Crippen molar-refractivity contribution in [3.63, 3.8) is 0 Å². The van der Waals surface area contributed by atoms with Crippen molar-refractivity contribution in [2.45, 2.75) is 6.92 Å². The van der Waals surface area contributed by atoms with Gasteiger partial charge in [-0.1, -0.05) is 23.7 Å². The average molecular weight is 411 g/mol. The number of thiophene rings is 1. The van der Waals surface area contributed by atoms with Gasteiger partial charge in [0.2, 0.25) is 4.80 Å². The predicted octanol–water partition coefficient (Wildman–Crippen LogP) is 5.83. The lowest BCUT2D eigenvalue weighted by atomic mass is 10.3. The highest BCUT2D eigenvalue weighted by Crippen LogP contribution is 2.26. The molecule has 0 unspecified atom stereocenters. The molecule has 0 atom stereocenters. The van der Waals surface area contributed by atoms with Crippen LogP contribution in [0.5, 0.6) is 0 Å². The molecule has 4 aromatic rings. The van der Waals surface area contributed by atoms with Crippen molar-refractivity contribution in [1.82, 2.24) is 9.66 Å². The third-order valence-electron chi connectivity index (χ3n) is 3.80. The van der Waals surface area contributed by atoms with Crippen LogP contribution in [0.15, 0.2) is 81.6 Å². The first-order valence-electron chi connectivity index (χ1n) is 8.22. The Morgan fingerprint density at radius 3 is 2.59 bits per heavy atom. The van der Waals surface area contributed by atoms with Gasteiger partial charge in [-0.05, 0) is 54.8 Å². The highest BCUT2D eigenvalue weighted by Gasteiger charge is 2.10. The molecule has 7 heteroatoms.